The summed E-state index contributed by atoms with van der Waals surface area (Å²) in [4.78, 5) is 11.7. The van der Waals surface area contributed by atoms with Gasteiger partial charge >= 0.3 is 0 Å². The van der Waals surface area contributed by atoms with Gasteiger partial charge in [0.25, 0.3) is 0 Å². The minimum Gasteiger partial charge on any atom is -0.278 e. The number of nitrogens with one attached hydrogen (secondary N) is 1. The van der Waals surface area contributed by atoms with Gasteiger partial charge in [0.1, 0.15) is 0 Å². The van der Waals surface area contributed by atoms with Crippen LogP contribution in [0.15, 0.2) is 24.3 Å². The Balaban J connectivity index is 1.96. The maximum atomic E-state index is 11.7. The third-order valence-electron chi connectivity index (χ3n) is 2.43. The molecule has 4 heteroatoms. The average molecular weight is 225 g/mol. The zero-order valence-corrected chi connectivity index (χ0v) is 9.13. The molecule has 0 atom stereocenters. The minimum atomic E-state index is 0.120. The first-order valence-corrected chi connectivity index (χ1v) is 5.42. The van der Waals surface area contributed by atoms with Gasteiger partial charge in [-0.05, 0) is 24.1 Å². The highest BCUT2D eigenvalue weighted by Crippen LogP contribution is 2.11. The molecule has 0 radical (unpaired) electrons. The summed E-state index contributed by atoms with van der Waals surface area (Å²) in [7, 11) is 0. The van der Waals surface area contributed by atoms with Crippen LogP contribution in [0.4, 0.5) is 0 Å². The van der Waals surface area contributed by atoms with Gasteiger partial charge in [-0.2, -0.15) is 0 Å². The van der Waals surface area contributed by atoms with Crippen molar-refractivity contribution in [2.45, 2.75) is 12.8 Å². The number of carbonyl (C=O) groups excluding carboxylic acids is 1. The van der Waals surface area contributed by atoms with Crippen LogP contribution in [0.2, 0.25) is 5.02 Å². The standard InChI is InChI=1S/C11H13ClN2O/c12-10-4-2-9(3-5-10)8-11(15)14-7-1-6-13-14/h2-5,13H,1,6-8H2. The first kappa shape index (κ1) is 10.5. The lowest BCUT2D eigenvalue weighted by Gasteiger charge is -2.15. The van der Waals surface area contributed by atoms with Gasteiger partial charge in [-0.1, -0.05) is 23.7 Å². The first-order chi connectivity index (χ1) is 7.25. The molecule has 1 aromatic carbocycles. The van der Waals surface area contributed by atoms with Crippen molar-refractivity contribution >= 4 is 17.5 Å². The maximum Gasteiger partial charge on any atom is 0.241 e. The maximum absolute atomic E-state index is 11.7. The molecule has 2 rings (SSSR count). The van der Waals surface area contributed by atoms with Gasteiger partial charge in [0.2, 0.25) is 5.91 Å². The van der Waals surface area contributed by atoms with Gasteiger partial charge < -0.3 is 0 Å². The molecule has 3 nitrogen and oxygen atoms in total. The van der Waals surface area contributed by atoms with E-state index in [0.29, 0.717) is 11.4 Å². The summed E-state index contributed by atoms with van der Waals surface area (Å²) in [5.74, 6) is 0.120. The quantitative estimate of drug-likeness (QED) is 0.828. The van der Waals surface area contributed by atoms with Crippen molar-refractivity contribution in [3.63, 3.8) is 0 Å². The molecule has 1 saturated heterocycles. The molecule has 1 heterocycles. The van der Waals surface area contributed by atoms with E-state index in [1.165, 1.54) is 0 Å². The van der Waals surface area contributed by atoms with Crippen LogP contribution in [0.1, 0.15) is 12.0 Å². The number of amides is 1. The van der Waals surface area contributed by atoms with Crippen molar-refractivity contribution in [3.05, 3.63) is 34.9 Å². The monoisotopic (exact) mass is 224 g/mol. The highest BCUT2D eigenvalue weighted by atomic mass is 35.5. The zero-order valence-electron chi connectivity index (χ0n) is 8.37. The summed E-state index contributed by atoms with van der Waals surface area (Å²) in [5.41, 5.74) is 4.04. The molecule has 0 aromatic heterocycles. The number of hydrogen-bond donors (Lipinski definition) is 1. The second-order valence-corrected chi connectivity index (χ2v) is 4.05. The van der Waals surface area contributed by atoms with E-state index >= 15 is 0 Å². The average Bonchev–Trinajstić information content (AvgIpc) is 2.74. The number of halogens is 1. The van der Waals surface area contributed by atoms with Crippen molar-refractivity contribution in [2.75, 3.05) is 13.1 Å². The normalized spacial score (nSPS) is 15.7. The van der Waals surface area contributed by atoms with Gasteiger partial charge in [-0.3, -0.25) is 9.80 Å². The predicted molar refractivity (Wildman–Crippen MR) is 59.5 cm³/mol. The van der Waals surface area contributed by atoms with E-state index in [-0.39, 0.29) is 5.91 Å². The molecule has 0 spiro atoms. The van der Waals surface area contributed by atoms with Crippen LogP contribution in [-0.4, -0.2) is 24.0 Å². The van der Waals surface area contributed by atoms with E-state index in [4.69, 9.17) is 11.6 Å². The lowest BCUT2D eigenvalue weighted by Crippen LogP contribution is -2.37. The summed E-state index contributed by atoms with van der Waals surface area (Å²) in [6.45, 7) is 1.71. The second-order valence-electron chi connectivity index (χ2n) is 3.61. The molecule has 0 unspecified atom stereocenters. The van der Waals surface area contributed by atoms with Crippen molar-refractivity contribution in [3.8, 4) is 0 Å². The number of carbonyl (C=O) groups is 1. The Morgan fingerprint density at radius 3 is 2.73 bits per heavy atom. The van der Waals surface area contributed by atoms with Crippen LogP contribution >= 0.6 is 11.6 Å². The molecule has 1 aromatic rings. The van der Waals surface area contributed by atoms with E-state index in [9.17, 15) is 4.79 Å². The molecular weight excluding hydrogens is 212 g/mol. The summed E-state index contributed by atoms with van der Waals surface area (Å²) >= 11 is 5.77. The topological polar surface area (TPSA) is 32.3 Å². The fourth-order valence-corrected chi connectivity index (χ4v) is 1.74. The molecule has 80 valence electrons. The Morgan fingerprint density at radius 1 is 1.40 bits per heavy atom. The Labute approximate surface area is 94.0 Å². The molecule has 1 aliphatic heterocycles. The van der Waals surface area contributed by atoms with Crippen LogP contribution in [0, 0.1) is 0 Å². The minimum absolute atomic E-state index is 0.120. The Morgan fingerprint density at radius 2 is 2.13 bits per heavy atom. The van der Waals surface area contributed by atoms with Crippen molar-refractivity contribution < 1.29 is 4.79 Å². The number of rotatable bonds is 2. The van der Waals surface area contributed by atoms with Crippen molar-refractivity contribution in [1.82, 2.24) is 10.4 Å². The fourth-order valence-electron chi connectivity index (χ4n) is 1.62. The summed E-state index contributed by atoms with van der Waals surface area (Å²) in [6, 6.07) is 7.38. The number of nitrogens with zero attached hydrogens (tertiary/aromatic N) is 1. The largest absolute Gasteiger partial charge is 0.278 e. The molecule has 1 N–H and O–H groups in total. The van der Waals surface area contributed by atoms with Crippen molar-refractivity contribution in [2.24, 2.45) is 0 Å². The Hall–Kier alpha value is -1.06. The molecule has 1 fully saturated rings. The van der Waals surface area contributed by atoms with E-state index in [0.717, 1.165) is 25.1 Å². The molecule has 1 aliphatic rings. The summed E-state index contributed by atoms with van der Waals surface area (Å²) in [6.07, 6.45) is 1.47. The molecule has 15 heavy (non-hydrogen) atoms. The second kappa shape index (κ2) is 4.64. The SMILES string of the molecule is O=C(Cc1ccc(Cl)cc1)N1CCCN1. The van der Waals surface area contributed by atoms with E-state index in [1.54, 1.807) is 5.01 Å². The Kier molecular flexibility index (Phi) is 3.23. The highest BCUT2D eigenvalue weighted by molar-refractivity contribution is 6.30. The number of hydrazine groups is 1. The van der Waals surface area contributed by atoms with Crippen LogP contribution < -0.4 is 5.43 Å². The van der Waals surface area contributed by atoms with Gasteiger partial charge in [0.05, 0.1) is 6.42 Å². The Bertz CT molecular complexity index is 344. The van der Waals surface area contributed by atoms with E-state index in [2.05, 4.69) is 5.43 Å². The molecular formula is C11H13ClN2O. The van der Waals surface area contributed by atoms with Gasteiger partial charge in [-0.25, -0.2) is 5.43 Å². The van der Waals surface area contributed by atoms with E-state index in [1.807, 2.05) is 24.3 Å². The lowest BCUT2D eigenvalue weighted by atomic mass is 10.1. The number of hydrogen-bond acceptors (Lipinski definition) is 2. The first-order valence-electron chi connectivity index (χ1n) is 5.04. The summed E-state index contributed by atoms with van der Waals surface area (Å²) < 4.78 is 0. The van der Waals surface area contributed by atoms with Crippen LogP contribution in [0.3, 0.4) is 0 Å². The van der Waals surface area contributed by atoms with Crippen LogP contribution in [-0.2, 0) is 11.2 Å². The van der Waals surface area contributed by atoms with Gasteiger partial charge in [-0.15, -0.1) is 0 Å². The molecule has 0 aliphatic carbocycles. The predicted octanol–water partition coefficient (Wildman–Crippen LogP) is 1.62. The third-order valence-corrected chi connectivity index (χ3v) is 2.68. The van der Waals surface area contributed by atoms with E-state index < -0.39 is 0 Å². The molecule has 0 bridgehead atoms. The molecule has 0 saturated carbocycles. The van der Waals surface area contributed by atoms with Gasteiger partial charge in [0, 0.05) is 18.1 Å². The fraction of sp³-hybridized carbons (Fsp3) is 0.364. The summed E-state index contributed by atoms with van der Waals surface area (Å²) in [5, 5.41) is 2.39. The molecule has 1 amide bonds. The third kappa shape index (κ3) is 2.70. The van der Waals surface area contributed by atoms with Crippen LogP contribution in [0.25, 0.3) is 0 Å². The zero-order chi connectivity index (χ0) is 10.7. The smallest absolute Gasteiger partial charge is 0.241 e. The van der Waals surface area contributed by atoms with Gasteiger partial charge in [0.15, 0.2) is 0 Å². The lowest BCUT2D eigenvalue weighted by molar-refractivity contribution is -0.131. The van der Waals surface area contributed by atoms with Crippen LogP contribution in [0.5, 0.6) is 0 Å². The van der Waals surface area contributed by atoms with Crippen molar-refractivity contribution in [1.29, 1.82) is 0 Å². The number of benzene rings is 1. The highest BCUT2D eigenvalue weighted by Gasteiger charge is 2.17.